The molecule has 8 rings (SSSR count). The third-order valence-electron chi connectivity index (χ3n) is 13.3. The van der Waals surface area contributed by atoms with Crippen molar-refractivity contribution >= 4 is 11.8 Å². The van der Waals surface area contributed by atoms with Gasteiger partial charge in [-0.3, -0.25) is 24.3 Å². The normalized spacial score (nSPS) is 32.4. The second kappa shape index (κ2) is 14.2. The lowest BCUT2D eigenvalue weighted by Crippen LogP contribution is -2.46. The predicted molar refractivity (Wildman–Crippen MR) is 190 cm³/mol. The quantitative estimate of drug-likeness (QED) is 0.263. The SMILES string of the molecule is CN(CC(=O)NC1CCC(CCN2C3CCC2c2ccccc23)CC1)CC(=O)NC1CCC(CCN2C3CCC2c2ccccc23)CC1. The Hall–Kier alpha value is -2.74. The molecule has 48 heavy (non-hydrogen) atoms. The highest BCUT2D eigenvalue weighted by Gasteiger charge is 2.44. The van der Waals surface area contributed by atoms with E-state index in [0.29, 0.717) is 24.2 Å². The Labute approximate surface area is 288 Å². The Morgan fingerprint density at radius 1 is 0.562 bits per heavy atom. The zero-order chi connectivity index (χ0) is 32.6. The third-order valence-corrected chi connectivity index (χ3v) is 13.3. The van der Waals surface area contributed by atoms with E-state index in [9.17, 15) is 9.59 Å². The second-order valence-corrected chi connectivity index (χ2v) is 16.3. The highest BCUT2D eigenvalue weighted by atomic mass is 16.2. The van der Waals surface area contributed by atoms with Crippen LogP contribution in [-0.4, -0.2) is 71.8 Å². The zero-order valence-electron chi connectivity index (χ0n) is 29.1. The summed E-state index contributed by atoms with van der Waals surface area (Å²) in [7, 11) is 1.89. The standard InChI is InChI=1S/C41H57N5O2/c1-44(26-40(47)42-30-14-10-28(11-15-30)22-24-45-36-18-19-37(45)33-7-3-2-6-32(33)36)27-41(48)43-31-16-12-29(13-17-31)23-25-46-38-20-21-39(46)35-9-5-4-8-34(35)38/h2-9,28-31,36-39H,10-27H2,1H3,(H,42,47)(H,43,48). The number of fused-ring (bicyclic) bond motifs is 10. The number of likely N-dealkylation sites (N-methyl/N-ethyl adjacent to an activating group) is 1. The molecule has 2 amide bonds. The highest BCUT2D eigenvalue weighted by Crippen LogP contribution is 2.54. The lowest BCUT2D eigenvalue weighted by atomic mass is 9.84. The highest BCUT2D eigenvalue weighted by molar-refractivity contribution is 5.81. The van der Waals surface area contributed by atoms with Gasteiger partial charge in [0.1, 0.15) is 0 Å². The van der Waals surface area contributed by atoms with Crippen molar-refractivity contribution in [2.45, 2.75) is 126 Å². The summed E-state index contributed by atoms with van der Waals surface area (Å²) in [6.07, 6.45) is 16.9. The minimum absolute atomic E-state index is 0.0511. The fraction of sp³-hybridized carbons (Fsp3) is 0.659. The molecule has 2 aromatic rings. The van der Waals surface area contributed by atoms with Crippen LogP contribution in [0.5, 0.6) is 0 Å². The number of hydrogen-bond donors (Lipinski definition) is 2. The molecule has 0 spiro atoms. The van der Waals surface area contributed by atoms with E-state index >= 15 is 0 Å². The van der Waals surface area contributed by atoms with Crippen LogP contribution in [0, 0.1) is 11.8 Å². The smallest absolute Gasteiger partial charge is 0.234 e. The minimum Gasteiger partial charge on any atom is -0.352 e. The molecule has 4 aliphatic heterocycles. The first-order valence-electron chi connectivity index (χ1n) is 19.5. The molecule has 2 saturated heterocycles. The molecule has 4 atom stereocenters. The van der Waals surface area contributed by atoms with Crippen molar-refractivity contribution in [2.24, 2.45) is 11.8 Å². The van der Waals surface area contributed by atoms with E-state index in [4.69, 9.17) is 0 Å². The summed E-state index contributed by atoms with van der Waals surface area (Å²) < 4.78 is 0. The summed E-state index contributed by atoms with van der Waals surface area (Å²) in [5.74, 6) is 1.63. The van der Waals surface area contributed by atoms with Crippen LogP contribution in [0.3, 0.4) is 0 Å². The van der Waals surface area contributed by atoms with Gasteiger partial charge >= 0.3 is 0 Å². The van der Waals surface area contributed by atoms with Gasteiger partial charge in [0.15, 0.2) is 0 Å². The van der Waals surface area contributed by atoms with Crippen LogP contribution in [0.2, 0.25) is 0 Å². The van der Waals surface area contributed by atoms with Crippen molar-refractivity contribution in [3.05, 3.63) is 70.8 Å². The maximum absolute atomic E-state index is 12.9. The maximum atomic E-state index is 12.9. The first-order chi connectivity index (χ1) is 23.5. The van der Waals surface area contributed by atoms with Gasteiger partial charge < -0.3 is 10.6 Å². The van der Waals surface area contributed by atoms with Crippen molar-refractivity contribution in [1.82, 2.24) is 25.3 Å². The molecule has 4 bridgehead atoms. The number of amides is 2. The van der Waals surface area contributed by atoms with Crippen LogP contribution in [0.15, 0.2) is 48.5 Å². The third kappa shape index (κ3) is 6.72. The summed E-state index contributed by atoms with van der Waals surface area (Å²) >= 11 is 0. The number of rotatable bonds is 12. The molecule has 0 aromatic heterocycles. The lowest BCUT2D eigenvalue weighted by Gasteiger charge is -2.32. The Morgan fingerprint density at radius 2 is 0.896 bits per heavy atom. The Morgan fingerprint density at radius 3 is 1.23 bits per heavy atom. The number of hydrogen-bond acceptors (Lipinski definition) is 5. The van der Waals surface area contributed by atoms with Gasteiger partial charge in [0, 0.05) is 36.3 Å². The number of carbonyl (C=O) groups excluding carboxylic acids is 2. The van der Waals surface area contributed by atoms with Gasteiger partial charge in [-0.2, -0.15) is 0 Å². The summed E-state index contributed by atoms with van der Waals surface area (Å²) in [4.78, 5) is 33.1. The number of carbonyl (C=O) groups is 2. The van der Waals surface area contributed by atoms with Crippen molar-refractivity contribution in [3.8, 4) is 0 Å². The molecule has 4 heterocycles. The number of nitrogens with one attached hydrogen (secondary N) is 2. The second-order valence-electron chi connectivity index (χ2n) is 16.3. The number of nitrogens with zero attached hydrogens (tertiary/aromatic N) is 3. The molecule has 4 unspecified atom stereocenters. The van der Waals surface area contributed by atoms with Gasteiger partial charge in [0.2, 0.25) is 11.8 Å². The fourth-order valence-corrected chi connectivity index (χ4v) is 10.9. The van der Waals surface area contributed by atoms with Crippen molar-refractivity contribution in [2.75, 3.05) is 33.2 Å². The Bertz CT molecular complexity index is 1280. The average molecular weight is 652 g/mol. The maximum Gasteiger partial charge on any atom is 0.234 e. The van der Waals surface area contributed by atoms with Crippen LogP contribution in [0.1, 0.15) is 136 Å². The largest absolute Gasteiger partial charge is 0.352 e. The van der Waals surface area contributed by atoms with E-state index in [0.717, 1.165) is 37.5 Å². The zero-order valence-corrected chi connectivity index (χ0v) is 29.1. The molecule has 2 aromatic carbocycles. The lowest BCUT2D eigenvalue weighted by molar-refractivity contribution is -0.125. The molecule has 0 radical (unpaired) electrons. The van der Waals surface area contributed by atoms with Gasteiger partial charge in [0.05, 0.1) is 13.1 Å². The molecular weight excluding hydrogens is 594 g/mol. The first kappa shape index (κ1) is 32.5. The molecule has 6 aliphatic rings. The van der Waals surface area contributed by atoms with Gasteiger partial charge in [-0.25, -0.2) is 0 Å². The molecule has 7 heteroatoms. The topological polar surface area (TPSA) is 67.9 Å². The van der Waals surface area contributed by atoms with Gasteiger partial charge in [-0.1, -0.05) is 48.5 Å². The molecule has 7 nitrogen and oxygen atoms in total. The summed E-state index contributed by atoms with van der Waals surface area (Å²) in [5.41, 5.74) is 6.30. The van der Waals surface area contributed by atoms with E-state index in [2.05, 4.69) is 69.0 Å². The number of benzene rings is 2. The van der Waals surface area contributed by atoms with Crippen molar-refractivity contribution in [3.63, 3.8) is 0 Å². The Kier molecular flexibility index (Phi) is 9.63. The molecule has 2 saturated carbocycles. The molecular formula is C41H57N5O2. The minimum atomic E-state index is 0.0511. The van der Waals surface area contributed by atoms with Gasteiger partial charge in [-0.05, 0) is 144 Å². The van der Waals surface area contributed by atoms with Crippen molar-refractivity contribution in [1.29, 1.82) is 0 Å². The summed E-state index contributed by atoms with van der Waals surface area (Å²) in [6, 6.07) is 21.3. The van der Waals surface area contributed by atoms with E-state index in [1.807, 2.05) is 11.9 Å². The van der Waals surface area contributed by atoms with E-state index in [1.165, 1.54) is 77.3 Å². The van der Waals surface area contributed by atoms with Crippen LogP contribution in [0.25, 0.3) is 0 Å². The van der Waals surface area contributed by atoms with Gasteiger partial charge in [0.25, 0.3) is 0 Å². The van der Waals surface area contributed by atoms with Crippen LogP contribution in [0.4, 0.5) is 0 Å². The van der Waals surface area contributed by atoms with Crippen LogP contribution in [-0.2, 0) is 9.59 Å². The van der Waals surface area contributed by atoms with Crippen molar-refractivity contribution < 1.29 is 9.59 Å². The molecule has 4 fully saturated rings. The molecule has 258 valence electrons. The fourth-order valence-electron chi connectivity index (χ4n) is 10.9. The predicted octanol–water partition coefficient (Wildman–Crippen LogP) is 6.83. The molecule has 2 N–H and O–H groups in total. The summed E-state index contributed by atoms with van der Waals surface area (Å²) in [5, 5.41) is 6.57. The van der Waals surface area contributed by atoms with E-state index < -0.39 is 0 Å². The van der Waals surface area contributed by atoms with Crippen LogP contribution >= 0.6 is 0 Å². The van der Waals surface area contributed by atoms with E-state index in [1.54, 1.807) is 22.3 Å². The van der Waals surface area contributed by atoms with Gasteiger partial charge in [-0.15, -0.1) is 0 Å². The first-order valence-corrected chi connectivity index (χ1v) is 19.5. The Balaban J connectivity index is 0.685. The monoisotopic (exact) mass is 651 g/mol. The average Bonchev–Trinajstić information content (AvgIpc) is 3.86. The van der Waals surface area contributed by atoms with E-state index in [-0.39, 0.29) is 37.0 Å². The summed E-state index contributed by atoms with van der Waals surface area (Å²) in [6.45, 7) is 2.96. The van der Waals surface area contributed by atoms with Crippen LogP contribution < -0.4 is 10.6 Å². The molecule has 2 aliphatic carbocycles.